The summed E-state index contributed by atoms with van der Waals surface area (Å²) in [7, 11) is 3.51. The maximum absolute atomic E-state index is 5.92. The summed E-state index contributed by atoms with van der Waals surface area (Å²) in [6, 6.07) is 0. The molecule has 0 aromatic carbocycles. The fourth-order valence-electron chi connectivity index (χ4n) is 3.43. The van der Waals surface area contributed by atoms with Crippen molar-refractivity contribution in [3.05, 3.63) is 0 Å². The van der Waals surface area contributed by atoms with Gasteiger partial charge >= 0.3 is 83.9 Å². The van der Waals surface area contributed by atoms with Crippen LogP contribution in [0.5, 0.6) is 0 Å². The molecule has 0 radical (unpaired) electrons. The van der Waals surface area contributed by atoms with Gasteiger partial charge in [0.2, 0.25) is 0 Å². The van der Waals surface area contributed by atoms with Gasteiger partial charge in [0.15, 0.2) is 0 Å². The standard InChI is InChI=1S/C10H15BO3/c1-12-6-10-3-7-9(4-11-7,5-14-10)8(10)13-2/h8H,3-6H2,1-2H3/t8?,9?,10-/m0/s1. The van der Waals surface area contributed by atoms with Crippen molar-refractivity contribution in [1.82, 2.24) is 0 Å². The molecule has 2 heterocycles. The van der Waals surface area contributed by atoms with Crippen molar-refractivity contribution in [3.8, 4) is 0 Å². The molecule has 1 spiro atoms. The van der Waals surface area contributed by atoms with E-state index in [-0.39, 0.29) is 17.1 Å². The average Bonchev–Trinajstić information content (AvgIpc) is 2.57. The monoisotopic (exact) mass is 194 g/mol. The van der Waals surface area contributed by atoms with Crippen LogP contribution in [0.2, 0.25) is 6.32 Å². The van der Waals surface area contributed by atoms with Crippen LogP contribution in [0.4, 0.5) is 0 Å². The van der Waals surface area contributed by atoms with Gasteiger partial charge < -0.3 is 0 Å². The first-order valence-electron chi connectivity index (χ1n) is 5.13. The number of fused-ring (bicyclic) bond motifs is 1. The Kier molecular flexibility index (Phi) is 1.74. The predicted octanol–water partition coefficient (Wildman–Crippen LogP) is 0.115. The van der Waals surface area contributed by atoms with E-state index in [0.29, 0.717) is 6.61 Å². The quantitative estimate of drug-likeness (QED) is 0.597. The van der Waals surface area contributed by atoms with Gasteiger partial charge in [-0.15, -0.1) is 0 Å². The number of hydrogen-bond acceptors (Lipinski definition) is 3. The zero-order valence-corrected chi connectivity index (χ0v) is 8.71. The summed E-state index contributed by atoms with van der Waals surface area (Å²) in [4.78, 5) is 0. The summed E-state index contributed by atoms with van der Waals surface area (Å²) in [5, 5.41) is 0. The first-order valence-corrected chi connectivity index (χ1v) is 5.13. The minimum atomic E-state index is -0.189. The first kappa shape index (κ1) is 9.07. The molecule has 4 heteroatoms. The Balaban J connectivity index is 1.97. The Morgan fingerprint density at radius 3 is 2.93 bits per heavy atom. The van der Waals surface area contributed by atoms with Crippen molar-refractivity contribution in [2.75, 3.05) is 27.4 Å². The Bertz CT molecular complexity index is 300. The van der Waals surface area contributed by atoms with Gasteiger partial charge in [0.1, 0.15) is 0 Å². The van der Waals surface area contributed by atoms with Crippen LogP contribution >= 0.6 is 0 Å². The van der Waals surface area contributed by atoms with Crippen molar-refractivity contribution in [1.29, 1.82) is 0 Å². The molecule has 0 aromatic heterocycles. The predicted molar refractivity (Wildman–Crippen MR) is 54.0 cm³/mol. The van der Waals surface area contributed by atoms with Gasteiger partial charge in [-0.25, -0.2) is 0 Å². The molecule has 3 nitrogen and oxygen atoms in total. The van der Waals surface area contributed by atoms with Gasteiger partial charge in [-0.2, -0.15) is 0 Å². The molecule has 1 saturated carbocycles. The van der Waals surface area contributed by atoms with Crippen LogP contribution in [0.15, 0.2) is 0 Å². The topological polar surface area (TPSA) is 27.7 Å². The molecule has 2 bridgehead atoms. The molecule has 0 N–H and O–H groups in total. The molecule has 2 fully saturated rings. The van der Waals surface area contributed by atoms with E-state index in [2.05, 4.69) is 6.92 Å². The molecule has 3 aliphatic rings. The molecule has 1 aliphatic carbocycles. The fraction of sp³-hybridized carbons (Fsp3) is 0.900. The van der Waals surface area contributed by atoms with Gasteiger partial charge in [0.05, 0.1) is 0 Å². The van der Waals surface area contributed by atoms with E-state index in [0.717, 1.165) is 19.3 Å². The van der Waals surface area contributed by atoms with Gasteiger partial charge in [-0.1, -0.05) is 0 Å². The van der Waals surface area contributed by atoms with Crippen molar-refractivity contribution < 1.29 is 14.2 Å². The van der Waals surface area contributed by atoms with Crippen LogP contribution in [0.25, 0.3) is 0 Å². The molecule has 2 unspecified atom stereocenters. The second kappa shape index (κ2) is 2.68. The third-order valence-corrected chi connectivity index (χ3v) is 4.06. The summed E-state index contributed by atoms with van der Waals surface area (Å²) < 4.78 is 16.8. The van der Waals surface area contributed by atoms with E-state index in [1.807, 2.05) is 0 Å². The number of ether oxygens (including phenoxy) is 3. The van der Waals surface area contributed by atoms with Crippen molar-refractivity contribution in [2.24, 2.45) is 5.41 Å². The second-order valence-electron chi connectivity index (χ2n) is 4.67. The fourth-order valence-corrected chi connectivity index (χ4v) is 3.43. The summed E-state index contributed by atoms with van der Waals surface area (Å²) in [5.41, 5.74) is 1.56. The molecular formula is C10H15BO3. The normalized spacial score (nSPS) is 48.1. The Hall–Kier alpha value is -0.185. The van der Waals surface area contributed by atoms with Crippen molar-refractivity contribution >= 4 is 12.4 Å². The number of hydrogen-bond donors (Lipinski definition) is 0. The third kappa shape index (κ3) is 0.790. The zero-order chi connectivity index (χ0) is 9.81. The van der Waals surface area contributed by atoms with Gasteiger partial charge in [0.25, 0.3) is 0 Å². The summed E-state index contributed by atoms with van der Waals surface area (Å²) in [6.45, 7) is 3.79. The molecule has 3 rings (SSSR count). The van der Waals surface area contributed by atoms with Crippen LogP contribution < -0.4 is 0 Å². The molecule has 2 aliphatic heterocycles. The molecule has 1 saturated heterocycles. The Morgan fingerprint density at radius 1 is 1.57 bits per heavy atom. The van der Waals surface area contributed by atoms with E-state index >= 15 is 0 Å². The van der Waals surface area contributed by atoms with E-state index in [4.69, 9.17) is 14.2 Å². The molecule has 0 aromatic rings. The second-order valence-corrected chi connectivity index (χ2v) is 4.67. The molecular weight excluding hydrogens is 179 g/mol. The van der Waals surface area contributed by atoms with E-state index in [9.17, 15) is 0 Å². The molecule has 76 valence electrons. The van der Waals surface area contributed by atoms with Crippen LogP contribution in [-0.2, 0) is 14.2 Å². The van der Waals surface area contributed by atoms with Crippen LogP contribution in [0.3, 0.4) is 0 Å². The van der Waals surface area contributed by atoms with Gasteiger partial charge in [-0.05, 0) is 0 Å². The zero-order valence-electron chi connectivity index (χ0n) is 8.71. The minimum absolute atomic E-state index is 0.189. The maximum atomic E-state index is 5.92. The third-order valence-electron chi connectivity index (χ3n) is 4.06. The Morgan fingerprint density at radius 2 is 2.43 bits per heavy atom. The van der Waals surface area contributed by atoms with Gasteiger partial charge in [-0.3, -0.25) is 0 Å². The molecule has 3 atom stereocenters. The summed E-state index contributed by atoms with van der Waals surface area (Å²) in [5.74, 6) is 0. The van der Waals surface area contributed by atoms with Crippen LogP contribution in [0, 0.1) is 5.41 Å². The number of methoxy groups -OCH3 is 2. The summed E-state index contributed by atoms with van der Waals surface area (Å²) in [6.07, 6.45) is 2.32. The molecule has 0 amide bonds. The SMILES string of the molecule is COC[C@]12CC3=BCC3(CO1)C2OC. The van der Waals surface area contributed by atoms with Crippen LogP contribution in [0.1, 0.15) is 6.42 Å². The molecule has 14 heavy (non-hydrogen) atoms. The average molecular weight is 194 g/mol. The Labute approximate surface area is 84.6 Å². The van der Waals surface area contributed by atoms with E-state index < -0.39 is 0 Å². The van der Waals surface area contributed by atoms with Crippen LogP contribution in [-0.4, -0.2) is 51.5 Å². The summed E-state index contributed by atoms with van der Waals surface area (Å²) >= 11 is 0. The van der Waals surface area contributed by atoms with E-state index in [1.165, 1.54) is 5.46 Å². The first-order chi connectivity index (χ1) is 6.77. The van der Waals surface area contributed by atoms with E-state index in [1.54, 1.807) is 14.2 Å². The van der Waals surface area contributed by atoms with Gasteiger partial charge in [0, 0.05) is 0 Å². The number of rotatable bonds is 3. The van der Waals surface area contributed by atoms with Crippen molar-refractivity contribution in [3.63, 3.8) is 0 Å². The van der Waals surface area contributed by atoms with Crippen molar-refractivity contribution in [2.45, 2.75) is 24.4 Å².